The highest BCUT2D eigenvalue weighted by Gasteiger charge is 2.32. The van der Waals surface area contributed by atoms with Crippen LogP contribution in [-0.2, 0) is 9.84 Å². The molecule has 0 N–H and O–H groups in total. The number of hydrogen-bond acceptors (Lipinski definition) is 5. The largest absolute Gasteiger partial charge is 0.348 e. The molecule has 1 fully saturated rings. The predicted molar refractivity (Wildman–Crippen MR) is 121 cm³/mol. The molecule has 1 aliphatic heterocycles. The lowest BCUT2D eigenvalue weighted by Gasteiger charge is -2.31. The summed E-state index contributed by atoms with van der Waals surface area (Å²) in [5.74, 6) is 0. The molecule has 2 heterocycles. The van der Waals surface area contributed by atoms with Crippen molar-refractivity contribution < 1.29 is 8.42 Å². The maximum absolute atomic E-state index is 13.0. The van der Waals surface area contributed by atoms with Crippen molar-refractivity contribution in [2.75, 3.05) is 18.0 Å². The zero-order valence-electron chi connectivity index (χ0n) is 16.4. The molecule has 0 radical (unpaired) electrons. The van der Waals surface area contributed by atoms with Crippen LogP contribution >= 0.6 is 22.9 Å². The van der Waals surface area contributed by atoms with Crippen molar-refractivity contribution in [2.45, 2.75) is 36.8 Å². The SMILES string of the molecule is Cc1ccc(C)c(-c2csc(N3CCC(S(=O)(=O)c4cccc(Cl)c4)CC3)n2)c1. The van der Waals surface area contributed by atoms with Crippen LogP contribution in [0.15, 0.2) is 52.7 Å². The van der Waals surface area contributed by atoms with Crippen LogP contribution in [-0.4, -0.2) is 31.7 Å². The molecule has 0 aliphatic carbocycles. The molecular formula is C22H23ClN2O2S2. The van der Waals surface area contributed by atoms with Crippen molar-refractivity contribution in [1.82, 2.24) is 4.98 Å². The fraction of sp³-hybridized carbons (Fsp3) is 0.318. The van der Waals surface area contributed by atoms with Crippen LogP contribution < -0.4 is 4.90 Å². The number of anilines is 1. The van der Waals surface area contributed by atoms with E-state index in [0.29, 0.717) is 35.8 Å². The Kier molecular flexibility index (Phi) is 5.69. The van der Waals surface area contributed by atoms with E-state index in [-0.39, 0.29) is 5.25 Å². The molecule has 0 bridgehead atoms. The van der Waals surface area contributed by atoms with Gasteiger partial charge in [0.1, 0.15) is 0 Å². The van der Waals surface area contributed by atoms with Gasteiger partial charge >= 0.3 is 0 Å². The fourth-order valence-corrected chi connectivity index (χ4v) is 6.65. The average molecular weight is 447 g/mol. The first-order valence-electron chi connectivity index (χ1n) is 9.62. The third-order valence-corrected chi connectivity index (χ3v) is 8.83. The second-order valence-electron chi connectivity index (χ2n) is 7.52. The topological polar surface area (TPSA) is 50.3 Å². The maximum Gasteiger partial charge on any atom is 0.185 e. The predicted octanol–water partition coefficient (Wildman–Crippen LogP) is 5.52. The zero-order chi connectivity index (χ0) is 20.6. The number of aryl methyl sites for hydroxylation is 2. The Morgan fingerprint density at radius 3 is 2.59 bits per heavy atom. The van der Waals surface area contributed by atoms with Crippen molar-refractivity contribution in [3.8, 4) is 11.3 Å². The molecule has 1 aromatic heterocycles. The molecule has 0 spiro atoms. The summed E-state index contributed by atoms with van der Waals surface area (Å²) < 4.78 is 25.9. The van der Waals surface area contributed by atoms with E-state index < -0.39 is 9.84 Å². The normalized spacial score (nSPS) is 15.6. The van der Waals surface area contributed by atoms with E-state index in [9.17, 15) is 8.42 Å². The lowest BCUT2D eigenvalue weighted by Crippen LogP contribution is -2.39. The molecule has 7 heteroatoms. The van der Waals surface area contributed by atoms with Crippen molar-refractivity contribution in [3.63, 3.8) is 0 Å². The minimum absolute atomic E-state index is 0.315. The molecule has 152 valence electrons. The number of benzene rings is 2. The molecule has 1 aliphatic rings. The van der Waals surface area contributed by atoms with Gasteiger partial charge in [0.05, 0.1) is 15.8 Å². The first kappa shape index (κ1) is 20.4. The van der Waals surface area contributed by atoms with Crippen LogP contribution in [0.4, 0.5) is 5.13 Å². The van der Waals surface area contributed by atoms with Crippen LogP contribution in [0.25, 0.3) is 11.3 Å². The lowest BCUT2D eigenvalue weighted by atomic mass is 10.0. The minimum atomic E-state index is -3.37. The standard InChI is InChI=1S/C22H23ClN2O2S2/c1-15-6-7-16(2)20(12-15)21-14-28-22(24-21)25-10-8-18(9-11-25)29(26,27)19-5-3-4-17(23)13-19/h3-7,12-14,18H,8-11H2,1-2H3. The van der Waals surface area contributed by atoms with Crippen molar-refractivity contribution in [1.29, 1.82) is 0 Å². The van der Waals surface area contributed by atoms with E-state index in [1.165, 1.54) is 11.1 Å². The number of sulfone groups is 1. The van der Waals surface area contributed by atoms with E-state index in [4.69, 9.17) is 16.6 Å². The molecule has 3 aromatic rings. The van der Waals surface area contributed by atoms with Crippen molar-refractivity contribution in [3.05, 3.63) is 64.0 Å². The Morgan fingerprint density at radius 1 is 1.10 bits per heavy atom. The summed E-state index contributed by atoms with van der Waals surface area (Å²) in [7, 11) is -3.37. The Hall–Kier alpha value is -1.89. The quantitative estimate of drug-likeness (QED) is 0.529. The van der Waals surface area contributed by atoms with Gasteiger partial charge in [0, 0.05) is 29.1 Å². The highest BCUT2D eigenvalue weighted by atomic mass is 35.5. The number of halogens is 1. The third-order valence-electron chi connectivity index (χ3n) is 5.44. The van der Waals surface area contributed by atoms with Gasteiger partial charge in [0.25, 0.3) is 0 Å². The first-order chi connectivity index (χ1) is 13.8. The molecule has 4 rings (SSSR count). The van der Waals surface area contributed by atoms with Gasteiger partial charge in [-0.25, -0.2) is 13.4 Å². The van der Waals surface area contributed by atoms with Gasteiger partial charge in [-0.1, -0.05) is 35.4 Å². The summed E-state index contributed by atoms with van der Waals surface area (Å²) in [5.41, 5.74) is 4.57. The summed E-state index contributed by atoms with van der Waals surface area (Å²) in [6, 6.07) is 12.9. The molecule has 2 aromatic carbocycles. The number of thiazole rings is 1. The zero-order valence-corrected chi connectivity index (χ0v) is 18.8. The van der Waals surface area contributed by atoms with Crippen LogP contribution in [0.5, 0.6) is 0 Å². The van der Waals surface area contributed by atoms with Crippen molar-refractivity contribution in [2.24, 2.45) is 0 Å². The smallest absolute Gasteiger partial charge is 0.185 e. The summed E-state index contributed by atoms with van der Waals surface area (Å²) in [6.07, 6.45) is 1.18. The summed E-state index contributed by atoms with van der Waals surface area (Å²) in [6.45, 7) is 5.55. The van der Waals surface area contributed by atoms with E-state index in [1.807, 2.05) is 0 Å². The van der Waals surface area contributed by atoms with E-state index in [2.05, 4.69) is 42.3 Å². The van der Waals surface area contributed by atoms with Gasteiger partial charge in [-0.2, -0.15) is 0 Å². The van der Waals surface area contributed by atoms with Crippen LogP contribution in [0.2, 0.25) is 5.02 Å². The highest BCUT2D eigenvalue weighted by molar-refractivity contribution is 7.92. The fourth-order valence-electron chi connectivity index (χ4n) is 3.74. The number of hydrogen-bond donors (Lipinski definition) is 0. The lowest BCUT2D eigenvalue weighted by molar-refractivity contribution is 0.529. The van der Waals surface area contributed by atoms with Crippen molar-refractivity contribution >= 4 is 37.9 Å². The Labute approximate surface area is 181 Å². The second-order valence-corrected chi connectivity index (χ2v) is 11.0. The Bertz CT molecular complexity index is 1130. The van der Waals surface area contributed by atoms with Crippen LogP contribution in [0, 0.1) is 13.8 Å². The van der Waals surface area contributed by atoms with Gasteiger partial charge in [-0.05, 0) is 56.5 Å². The molecule has 1 saturated heterocycles. The number of rotatable bonds is 4. The number of piperidine rings is 1. The highest BCUT2D eigenvalue weighted by Crippen LogP contribution is 2.33. The minimum Gasteiger partial charge on any atom is -0.348 e. The molecule has 4 nitrogen and oxygen atoms in total. The monoisotopic (exact) mass is 446 g/mol. The molecule has 0 amide bonds. The Balaban J connectivity index is 1.48. The maximum atomic E-state index is 13.0. The third kappa shape index (κ3) is 4.20. The van der Waals surface area contributed by atoms with E-state index in [1.54, 1.807) is 35.6 Å². The van der Waals surface area contributed by atoms with E-state index >= 15 is 0 Å². The number of aromatic nitrogens is 1. The van der Waals surface area contributed by atoms with Gasteiger partial charge in [0.2, 0.25) is 0 Å². The second kappa shape index (κ2) is 8.09. The van der Waals surface area contributed by atoms with Gasteiger partial charge in [-0.15, -0.1) is 11.3 Å². The average Bonchev–Trinajstić information content (AvgIpc) is 3.20. The van der Waals surface area contributed by atoms with Gasteiger partial charge < -0.3 is 4.90 Å². The van der Waals surface area contributed by atoms with E-state index in [0.717, 1.165) is 16.4 Å². The molecule has 0 atom stereocenters. The summed E-state index contributed by atoms with van der Waals surface area (Å²) in [4.78, 5) is 7.35. The van der Waals surface area contributed by atoms with Gasteiger partial charge in [-0.3, -0.25) is 0 Å². The molecular weight excluding hydrogens is 424 g/mol. The molecule has 0 unspecified atom stereocenters. The number of nitrogens with zero attached hydrogens (tertiary/aromatic N) is 2. The first-order valence-corrected chi connectivity index (χ1v) is 12.4. The van der Waals surface area contributed by atoms with Crippen LogP contribution in [0.1, 0.15) is 24.0 Å². The summed E-state index contributed by atoms with van der Waals surface area (Å²) >= 11 is 7.61. The van der Waals surface area contributed by atoms with Gasteiger partial charge in [0.15, 0.2) is 15.0 Å². The Morgan fingerprint density at radius 2 is 1.86 bits per heavy atom. The molecule has 29 heavy (non-hydrogen) atoms. The summed E-state index contributed by atoms with van der Waals surface area (Å²) in [5, 5.41) is 3.12. The van der Waals surface area contributed by atoms with Crippen LogP contribution in [0.3, 0.4) is 0 Å². The molecule has 0 saturated carbocycles.